The molecule has 0 saturated carbocycles. The number of unbranched alkanes of at least 4 members (excludes halogenated alkanes) is 1. The zero-order valence-corrected chi connectivity index (χ0v) is 21.9. The summed E-state index contributed by atoms with van der Waals surface area (Å²) in [6.07, 6.45) is 2.91. The molecule has 0 radical (unpaired) electrons. The monoisotopic (exact) mass is 503 g/mol. The maximum Gasteiger partial charge on any atom is 0.319 e. The van der Waals surface area contributed by atoms with Crippen LogP contribution in [0.3, 0.4) is 0 Å². The molecule has 37 heavy (non-hydrogen) atoms. The third-order valence-electron chi connectivity index (χ3n) is 6.66. The summed E-state index contributed by atoms with van der Waals surface area (Å²) in [5.74, 6) is 0.803. The molecular weight excluding hydrogens is 466 g/mol. The number of nitrogens with one attached hydrogen (secondary N) is 2. The average molecular weight is 504 g/mol. The molecule has 2 N–H and O–H groups in total. The number of morpholine rings is 1. The molecule has 1 aromatic heterocycles. The molecule has 1 fully saturated rings. The zero-order chi connectivity index (χ0) is 26.0. The van der Waals surface area contributed by atoms with Gasteiger partial charge in [0.1, 0.15) is 11.8 Å². The fraction of sp³-hybridized carbons (Fsp3) is 0.448. The fourth-order valence-electron chi connectivity index (χ4n) is 4.76. The van der Waals surface area contributed by atoms with E-state index >= 15 is 0 Å². The number of benzene rings is 2. The highest BCUT2D eigenvalue weighted by atomic mass is 16.5. The van der Waals surface area contributed by atoms with Gasteiger partial charge in [-0.2, -0.15) is 5.26 Å². The lowest BCUT2D eigenvalue weighted by molar-refractivity contribution is 0.0358. The molecule has 0 unspecified atom stereocenters. The molecule has 8 heteroatoms. The molecule has 0 atom stereocenters. The van der Waals surface area contributed by atoms with Crippen LogP contribution >= 0.6 is 0 Å². The summed E-state index contributed by atoms with van der Waals surface area (Å²) in [6.45, 7) is 10.7. The normalized spacial score (nSPS) is 13.9. The second-order valence-corrected chi connectivity index (χ2v) is 9.23. The van der Waals surface area contributed by atoms with E-state index in [1.807, 2.05) is 42.5 Å². The minimum absolute atomic E-state index is 0.224. The Hall–Kier alpha value is -3.54. The van der Waals surface area contributed by atoms with Crippen LogP contribution in [0.4, 0.5) is 10.5 Å². The number of nitrogens with zero attached hydrogens (tertiary/aromatic N) is 3. The Kier molecular flexibility index (Phi) is 9.41. The minimum Gasteiger partial charge on any atom is -0.493 e. The smallest absolute Gasteiger partial charge is 0.319 e. The van der Waals surface area contributed by atoms with Crippen LogP contribution in [-0.2, 0) is 11.3 Å². The molecule has 2 aromatic carbocycles. The number of rotatable bonds is 11. The van der Waals surface area contributed by atoms with Crippen molar-refractivity contribution >= 4 is 22.6 Å². The number of urea groups is 1. The average Bonchev–Trinajstić information content (AvgIpc) is 3.25. The molecule has 2 heterocycles. The van der Waals surface area contributed by atoms with Crippen molar-refractivity contribution in [2.75, 3.05) is 51.3 Å². The van der Waals surface area contributed by atoms with Gasteiger partial charge in [-0.15, -0.1) is 0 Å². The van der Waals surface area contributed by atoms with Crippen LogP contribution in [0.25, 0.3) is 22.2 Å². The van der Waals surface area contributed by atoms with E-state index < -0.39 is 0 Å². The van der Waals surface area contributed by atoms with E-state index in [9.17, 15) is 10.1 Å². The van der Waals surface area contributed by atoms with E-state index in [1.165, 1.54) is 0 Å². The molecule has 1 aliphatic rings. The third kappa shape index (κ3) is 6.62. The number of aryl methyl sites for hydroxylation is 1. The van der Waals surface area contributed by atoms with Crippen molar-refractivity contribution in [2.45, 2.75) is 39.7 Å². The van der Waals surface area contributed by atoms with E-state index in [1.54, 1.807) is 0 Å². The highest BCUT2D eigenvalue weighted by Crippen LogP contribution is 2.36. The Labute approximate surface area is 219 Å². The summed E-state index contributed by atoms with van der Waals surface area (Å²) < 4.78 is 13.6. The summed E-state index contributed by atoms with van der Waals surface area (Å²) in [5.41, 5.74) is 4.01. The molecule has 4 rings (SSSR count). The van der Waals surface area contributed by atoms with E-state index in [-0.39, 0.29) is 6.03 Å². The Morgan fingerprint density at radius 3 is 2.73 bits per heavy atom. The van der Waals surface area contributed by atoms with E-state index in [0.29, 0.717) is 30.9 Å². The number of ether oxygens (including phenoxy) is 2. The highest BCUT2D eigenvalue weighted by Gasteiger charge is 2.19. The van der Waals surface area contributed by atoms with Crippen molar-refractivity contribution in [1.29, 1.82) is 5.26 Å². The lowest BCUT2D eigenvalue weighted by Gasteiger charge is -2.26. The van der Waals surface area contributed by atoms with Crippen LogP contribution in [0.2, 0.25) is 0 Å². The van der Waals surface area contributed by atoms with Gasteiger partial charge in [0.15, 0.2) is 0 Å². The van der Waals surface area contributed by atoms with Gasteiger partial charge in [-0.25, -0.2) is 4.79 Å². The first-order valence-corrected chi connectivity index (χ1v) is 13.3. The summed E-state index contributed by atoms with van der Waals surface area (Å²) in [5, 5.41) is 16.8. The van der Waals surface area contributed by atoms with Gasteiger partial charge in [0, 0.05) is 55.4 Å². The molecule has 1 aliphatic heterocycles. The standard InChI is InChI=1S/C29H37N5O3/c1-3-5-12-31-29(35)32-23-9-6-8-22(19-23)28-26(21-30)25-11-10-24(20-27(25)34(28)4-2)37-16-7-13-33-14-17-36-18-15-33/h6,8-11,19-20H,3-5,7,12-18H2,1-2H3,(H2,31,32,35). The van der Waals surface area contributed by atoms with Crippen molar-refractivity contribution in [3.05, 3.63) is 48.0 Å². The first-order valence-electron chi connectivity index (χ1n) is 13.3. The maximum absolute atomic E-state index is 12.3. The summed E-state index contributed by atoms with van der Waals surface area (Å²) in [6, 6.07) is 15.8. The van der Waals surface area contributed by atoms with E-state index in [4.69, 9.17) is 9.47 Å². The summed E-state index contributed by atoms with van der Waals surface area (Å²) in [4.78, 5) is 14.7. The molecule has 2 amide bonds. The first kappa shape index (κ1) is 26.5. The molecule has 0 bridgehead atoms. The molecule has 0 aliphatic carbocycles. The second kappa shape index (κ2) is 13.1. The van der Waals surface area contributed by atoms with Gasteiger partial charge in [0.25, 0.3) is 0 Å². The first-order chi connectivity index (χ1) is 18.1. The summed E-state index contributed by atoms with van der Waals surface area (Å²) in [7, 11) is 0. The number of hydrogen-bond acceptors (Lipinski definition) is 5. The fourth-order valence-corrected chi connectivity index (χ4v) is 4.76. The van der Waals surface area contributed by atoms with Crippen molar-refractivity contribution in [3.63, 3.8) is 0 Å². The summed E-state index contributed by atoms with van der Waals surface area (Å²) >= 11 is 0. The van der Waals surface area contributed by atoms with Crippen LogP contribution < -0.4 is 15.4 Å². The van der Waals surface area contributed by atoms with Gasteiger partial charge in [0.05, 0.1) is 36.6 Å². The van der Waals surface area contributed by atoms with Crippen molar-refractivity contribution in [1.82, 2.24) is 14.8 Å². The van der Waals surface area contributed by atoms with Crippen molar-refractivity contribution in [3.8, 4) is 23.1 Å². The largest absolute Gasteiger partial charge is 0.493 e. The number of hydrogen-bond donors (Lipinski definition) is 2. The van der Waals surface area contributed by atoms with Gasteiger partial charge in [-0.1, -0.05) is 25.5 Å². The Balaban J connectivity index is 1.53. The predicted molar refractivity (Wildman–Crippen MR) is 147 cm³/mol. The quantitative estimate of drug-likeness (QED) is 0.350. The van der Waals surface area contributed by atoms with Crippen LogP contribution in [-0.4, -0.2) is 61.5 Å². The maximum atomic E-state index is 12.3. The van der Waals surface area contributed by atoms with E-state index in [0.717, 1.165) is 80.0 Å². The molecule has 1 saturated heterocycles. The third-order valence-corrected chi connectivity index (χ3v) is 6.66. The minimum atomic E-state index is -0.224. The Morgan fingerprint density at radius 2 is 1.97 bits per heavy atom. The van der Waals surface area contributed by atoms with E-state index in [2.05, 4.69) is 40.0 Å². The van der Waals surface area contributed by atoms with Crippen LogP contribution in [0.5, 0.6) is 5.75 Å². The van der Waals surface area contributed by atoms with Crippen LogP contribution in [0.1, 0.15) is 38.7 Å². The predicted octanol–water partition coefficient (Wildman–Crippen LogP) is 5.22. The Morgan fingerprint density at radius 1 is 1.14 bits per heavy atom. The van der Waals surface area contributed by atoms with Gasteiger partial charge < -0.3 is 24.7 Å². The lowest BCUT2D eigenvalue weighted by atomic mass is 10.1. The zero-order valence-electron chi connectivity index (χ0n) is 21.9. The van der Waals surface area contributed by atoms with Crippen molar-refractivity contribution in [2.24, 2.45) is 0 Å². The van der Waals surface area contributed by atoms with Gasteiger partial charge in [0.2, 0.25) is 0 Å². The number of amides is 2. The molecule has 0 spiro atoms. The number of carbonyl (C=O) groups is 1. The molecule has 8 nitrogen and oxygen atoms in total. The number of carbonyl (C=O) groups excluding carboxylic acids is 1. The van der Waals surface area contributed by atoms with Crippen LogP contribution in [0, 0.1) is 11.3 Å². The number of anilines is 1. The molecule has 3 aromatic rings. The Bertz CT molecular complexity index is 1240. The van der Waals surface area contributed by atoms with Gasteiger partial charge in [-0.05, 0) is 44.0 Å². The topological polar surface area (TPSA) is 91.6 Å². The van der Waals surface area contributed by atoms with Gasteiger partial charge >= 0.3 is 6.03 Å². The number of nitriles is 1. The number of fused-ring (bicyclic) bond motifs is 1. The van der Waals surface area contributed by atoms with Crippen molar-refractivity contribution < 1.29 is 14.3 Å². The van der Waals surface area contributed by atoms with Gasteiger partial charge in [-0.3, -0.25) is 4.90 Å². The SMILES string of the molecule is CCCCNC(=O)Nc1cccc(-c2c(C#N)c3ccc(OCCCN4CCOCC4)cc3n2CC)c1. The molecular formula is C29H37N5O3. The number of aromatic nitrogens is 1. The lowest BCUT2D eigenvalue weighted by Crippen LogP contribution is -2.37. The van der Waals surface area contributed by atoms with Crippen LogP contribution in [0.15, 0.2) is 42.5 Å². The second-order valence-electron chi connectivity index (χ2n) is 9.23. The molecule has 196 valence electrons. The highest BCUT2D eigenvalue weighted by molar-refractivity contribution is 5.96.